The normalized spacial score (nSPS) is 21.5. The van der Waals surface area contributed by atoms with Crippen LogP contribution >= 0.6 is 0 Å². The Hall–Kier alpha value is -2.13. The van der Waals surface area contributed by atoms with Crippen LogP contribution in [0.25, 0.3) is 0 Å². The average Bonchev–Trinajstić information content (AvgIpc) is 2.61. The molecular weight excluding hydrogens is 328 g/mol. The van der Waals surface area contributed by atoms with E-state index in [-0.39, 0.29) is 22.0 Å². The van der Waals surface area contributed by atoms with Crippen molar-refractivity contribution in [1.82, 2.24) is 0 Å². The largest absolute Gasteiger partial charge is 0.223 e. The maximum absolute atomic E-state index is 13.0. The van der Waals surface area contributed by atoms with Gasteiger partial charge in [0.15, 0.2) is 9.84 Å². The second-order valence-corrected chi connectivity index (χ2v) is 8.91. The summed E-state index contributed by atoms with van der Waals surface area (Å²) in [5.41, 5.74) is 2.15. The summed E-state index contributed by atoms with van der Waals surface area (Å²) in [6.45, 7) is 21.3. The second-order valence-electron chi connectivity index (χ2n) is 6.96. The van der Waals surface area contributed by atoms with E-state index >= 15 is 0 Å². The highest BCUT2D eigenvalue weighted by Crippen LogP contribution is 2.45. The minimum absolute atomic E-state index is 0.0906. The molecule has 0 spiro atoms. The zero-order chi connectivity index (χ0) is 19.3. The smallest absolute Gasteiger partial charge is 0.182 e. The molecule has 0 aromatic rings. The van der Waals surface area contributed by atoms with Crippen molar-refractivity contribution >= 4 is 9.84 Å². The predicted octanol–water partition coefficient (Wildman–Crippen LogP) is 5.48. The van der Waals surface area contributed by atoms with Gasteiger partial charge in [0.25, 0.3) is 0 Å². The molecule has 0 bridgehead atoms. The molecular formula is C22H28O2S. The van der Waals surface area contributed by atoms with Crippen molar-refractivity contribution in [2.45, 2.75) is 20.8 Å². The third-order valence-electron chi connectivity index (χ3n) is 4.08. The molecule has 3 heteroatoms. The standard InChI is InChI=1S/C22H28O2S/c1-8-12-14-18-17(10-3)16-25(23,24)20(11-4)19(15-13-9-2)21(18)22(5,6)7/h8-15,21H,1-4,16H2,5-7H3/b14-12-,15-13-. The van der Waals surface area contributed by atoms with Gasteiger partial charge in [-0.2, -0.15) is 0 Å². The quantitative estimate of drug-likeness (QED) is 0.590. The molecule has 0 aliphatic carbocycles. The maximum Gasteiger partial charge on any atom is 0.182 e. The molecule has 0 aromatic heterocycles. The third-order valence-corrected chi connectivity index (χ3v) is 5.84. The molecule has 0 fully saturated rings. The van der Waals surface area contributed by atoms with Crippen LogP contribution < -0.4 is 0 Å². The molecule has 1 unspecified atom stereocenters. The highest BCUT2D eigenvalue weighted by molar-refractivity contribution is 7.95. The molecule has 2 nitrogen and oxygen atoms in total. The summed E-state index contributed by atoms with van der Waals surface area (Å²) >= 11 is 0. The lowest BCUT2D eigenvalue weighted by molar-refractivity contribution is 0.324. The minimum Gasteiger partial charge on any atom is -0.223 e. The fraction of sp³-hybridized carbons (Fsp3) is 0.273. The molecule has 0 aromatic carbocycles. The van der Waals surface area contributed by atoms with Crippen molar-refractivity contribution in [3.05, 3.63) is 96.5 Å². The van der Waals surface area contributed by atoms with Gasteiger partial charge in [0.2, 0.25) is 0 Å². The molecule has 0 N–H and O–H groups in total. The van der Waals surface area contributed by atoms with Gasteiger partial charge >= 0.3 is 0 Å². The lowest BCUT2D eigenvalue weighted by Crippen LogP contribution is -2.24. The van der Waals surface area contributed by atoms with Gasteiger partial charge in [-0.15, -0.1) is 0 Å². The molecule has 0 amide bonds. The van der Waals surface area contributed by atoms with Crippen LogP contribution in [0.3, 0.4) is 0 Å². The van der Waals surface area contributed by atoms with E-state index in [1.165, 1.54) is 6.08 Å². The topological polar surface area (TPSA) is 34.1 Å². The monoisotopic (exact) mass is 356 g/mol. The molecule has 1 atom stereocenters. The Labute approximate surface area is 153 Å². The first-order valence-electron chi connectivity index (χ1n) is 8.17. The maximum atomic E-state index is 13.0. The van der Waals surface area contributed by atoms with E-state index in [1.54, 1.807) is 24.3 Å². The van der Waals surface area contributed by atoms with Crippen molar-refractivity contribution in [2.24, 2.45) is 11.3 Å². The van der Waals surface area contributed by atoms with Crippen LogP contribution in [0.2, 0.25) is 0 Å². The van der Waals surface area contributed by atoms with Crippen LogP contribution in [0.15, 0.2) is 96.5 Å². The van der Waals surface area contributed by atoms with E-state index in [2.05, 4.69) is 47.1 Å². The van der Waals surface area contributed by atoms with Crippen molar-refractivity contribution in [3.8, 4) is 0 Å². The van der Waals surface area contributed by atoms with Crippen molar-refractivity contribution < 1.29 is 8.42 Å². The number of allylic oxidation sites excluding steroid dienone is 10. The van der Waals surface area contributed by atoms with Crippen LogP contribution in [0, 0.1) is 11.3 Å². The predicted molar refractivity (Wildman–Crippen MR) is 110 cm³/mol. The Balaban J connectivity index is 4.03. The van der Waals surface area contributed by atoms with Gasteiger partial charge in [-0.25, -0.2) is 8.42 Å². The lowest BCUT2D eigenvalue weighted by Gasteiger charge is -2.34. The number of hydrogen-bond donors (Lipinski definition) is 0. The summed E-state index contributed by atoms with van der Waals surface area (Å²) in [6.07, 6.45) is 13.8. The first-order valence-corrected chi connectivity index (χ1v) is 9.82. The third kappa shape index (κ3) is 4.70. The highest BCUT2D eigenvalue weighted by atomic mass is 32.2. The van der Waals surface area contributed by atoms with Gasteiger partial charge in [0.05, 0.1) is 10.7 Å². The summed E-state index contributed by atoms with van der Waals surface area (Å²) in [4.78, 5) is 0.270. The fourth-order valence-electron chi connectivity index (χ4n) is 3.12. The van der Waals surface area contributed by atoms with Gasteiger partial charge in [-0.05, 0) is 22.1 Å². The van der Waals surface area contributed by atoms with Crippen LogP contribution in [0.5, 0.6) is 0 Å². The Morgan fingerprint density at radius 1 is 0.920 bits per heavy atom. The zero-order valence-electron chi connectivity index (χ0n) is 15.5. The van der Waals surface area contributed by atoms with Crippen molar-refractivity contribution in [2.75, 3.05) is 5.75 Å². The number of rotatable bonds is 6. The Kier molecular flexibility index (Phi) is 6.95. The minimum atomic E-state index is -3.51. The lowest BCUT2D eigenvalue weighted by atomic mass is 9.70. The fourth-order valence-corrected chi connectivity index (χ4v) is 4.77. The van der Waals surface area contributed by atoms with Crippen LogP contribution in [-0.4, -0.2) is 14.2 Å². The zero-order valence-corrected chi connectivity index (χ0v) is 16.3. The van der Waals surface area contributed by atoms with E-state index in [4.69, 9.17) is 0 Å². The average molecular weight is 357 g/mol. The highest BCUT2D eigenvalue weighted by Gasteiger charge is 2.37. The molecule has 1 rings (SSSR count). The van der Waals surface area contributed by atoms with E-state index in [0.29, 0.717) is 5.57 Å². The summed E-state index contributed by atoms with van der Waals surface area (Å²) < 4.78 is 25.9. The molecule has 1 aliphatic heterocycles. The van der Waals surface area contributed by atoms with E-state index in [0.717, 1.165) is 11.1 Å². The molecule has 134 valence electrons. The van der Waals surface area contributed by atoms with Gasteiger partial charge in [-0.3, -0.25) is 0 Å². The van der Waals surface area contributed by atoms with E-state index < -0.39 is 9.84 Å². The Morgan fingerprint density at radius 3 is 1.84 bits per heavy atom. The molecule has 25 heavy (non-hydrogen) atoms. The van der Waals surface area contributed by atoms with E-state index in [1.807, 2.05) is 18.2 Å². The van der Waals surface area contributed by atoms with Crippen LogP contribution in [0.4, 0.5) is 0 Å². The summed E-state index contributed by atoms with van der Waals surface area (Å²) in [6, 6.07) is 0. The van der Waals surface area contributed by atoms with Crippen LogP contribution in [-0.2, 0) is 9.84 Å². The summed E-state index contributed by atoms with van der Waals surface area (Å²) in [5.74, 6) is -0.231. The Bertz CT molecular complexity index is 791. The van der Waals surface area contributed by atoms with Gasteiger partial charge in [0, 0.05) is 5.92 Å². The van der Waals surface area contributed by atoms with Gasteiger partial charge in [0.1, 0.15) is 0 Å². The SMILES string of the molecule is C=C/C=C\C1=C(C=C)CS(=O)(=O)C(C=C)=C(/C=C\C=C)C1C(C)(C)C. The molecule has 0 radical (unpaired) electrons. The molecule has 0 saturated heterocycles. The Morgan fingerprint density at radius 2 is 1.44 bits per heavy atom. The number of sulfone groups is 1. The first kappa shape index (κ1) is 20.9. The summed E-state index contributed by atoms with van der Waals surface area (Å²) in [5, 5.41) is 0. The van der Waals surface area contributed by atoms with Crippen molar-refractivity contribution in [1.29, 1.82) is 0 Å². The molecule has 0 saturated carbocycles. The van der Waals surface area contributed by atoms with Gasteiger partial charge in [-0.1, -0.05) is 95.7 Å². The molecule has 1 aliphatic rings. The number of hydrogen-bond acceptors (Lipinski definition) is 2. The van der Waals surface area contributed by atoms with Crippen molar-refractivity contribution in [3.63, 3.8) is 0 Å². The van der Waals surface area contributed by atoms with E-state index in [9.17, 15) is 8.42 Å². The summed E-state index contributed by atoms with van der Waals surface area (Å²) in [7, 11) is -3.51. The molecule has 1 heterocycles. The first-order chi connectivity index (χ1) is 11.6. The second kappa shape index (κ2) is 8.30. The van der Waals surface area contributed by atoms with Gasteiger partial charge < -0.3 is 0 Å². The van der Waals surface area contributed by atoms with Crippen LogP contribution in [0.1, 0.15) is 20.8 Å².